The highest BCUT2D eigenvalue weighted by molar-refractivity contribution is 6.03. The van der Waals surface area contributed by atoms with E-state index in [0.717, 1.165) is 0 Å². The monoisotopic (exact) mass is 288 g/mol. The summed E-state index contributed by atoms with van der Waals surface area (Å²) in [5.74, 6) is 4.22. The van der Waals surface area contributed by atoms with Gasteiger partial charge in [-0.05, 0) is 25.1 Å². The van der Waals surface area contributed by atoms with Gasteiger partial charge >= 0.3 is 0 Å². The van der Waals surface area contributed by atoms with Gasteiger partial charge < -0.3 is 14.8 Å². The molecule has 0 aliphatic rings. The summed E-state index contributed by atoms with van der Waals surface area (Å²) in [6, 6.07) is 4.11. The van der Waals surface area contributed by atoms with Gasteiger partial charge in [0.25, 0.3) is 5.91 Å². The van der Waals surface area contributed by atoms with Gasteiger partial charge in [-0.3, -0.25) is 4.79 Å². The number of aryl methyl sites for hydroxylation is 2. The second-order valence-corrected chi connectivity index (χ2v) is 4.26. The van der Waals surface area contributed by atoms with E-state index in [1.165, 1.54) is 12.1 Å². The summed E-state index contributed by atoms with van der Waals surface area (Å²) < 4.78 is 19.0. The molecule has 0 atom stereocenters. The second-order valence-electron chi connectivity index (χ2n) is 4.26. The Balaban J connectivity index is 2.20. The van der Waals surface area contributed by atoms with Crippen molar-refractivity contribution in [2.45, 2.75) is 13.8 Å². The third-order valence-electron chi connectivity index (χ3n) is 2.64. The van der Waals surface area contributed by atoms with Crippen LogP contribution in [-0.4, -0.2) is 22.6 Å². The zero-order valence-electron chi connectivity index (χ0n) is 11.5. The number of oxazole rings is 1. The van der Waals surface area contributed by atoms with Crippen molar-refractivity contribution < 1.29 is 18.7 Å². The largest absolute Gasteiger partial charge is 0.436 e. The van der Waals surface area contributed by atoms with E-state index in [9.17, 15) is 9.18 Å². The molecule has 2 rings (SSSR count). The van der Waals surface area contributed by atoms with E-state index in [-0.39, 0.29) is 18.1 Å². The zero-order chi connectivity index (χ0) is 15.4. The van der Waals surface area contributed by atoms with Crippen molar-refractivity contribution >= 4 is 11.6 Å². The number of rotatable bonds is 2. The molecule has 0 fully saturated rings. The number of aliphatic hydroxyl groups excluding tert-OH is 1. The van der Waals surface area contributed by atoms with Crippen LogP contribution in [0.5, 0.6) is 0 Å². The Morgan fingerprint density at radius 2 is 2.24 bits per heavy atom. The molecule has 0 spiro atoms. The molecule has 0 saturated carbocycles. The smallest absolute Gasteiger partial charge is 0.293 e. The first kappa shape index (κ1) is 14.8. The maximum Gasteiger partial charge on any atom is 0.293 e. The van der Waals surface area contributed by atoms with Gasteiger partial charge in [-0.2, -0.15) is 0 Å². The van der Waals surface area contributed by atoms with Crippen LogP contribution in [-0.2, 0) is 0 Å². The van der Waals surface area contributed by atoms with Crippen molar-refractivity contribution in [1.29, 1.82) is 0 Å². The van der Waals surface area contributed by atoms with Crippen LogP contribution in [0.15, 0.2) is 22.6 Å². The van der Waals surface area contributed by atoms with E-state index in [4.69, 9.17) is 9.52 Å². The number of hydrogen-bond donors (Lipinski definition) is 2. The van der Waals surface area contributed by atoms with Crippen LogP contribution in [0.2, 0.25) is 0 Å². The predicted molar refractivity (Wildman–Crippen MR) is 74.3 cm³/mol. The molecule has 5 nitrogen and oxygen atoms in total. The summed E-state index contributed by atoms with van der Waals surface area (Å²) in [7, 11) is 0. The van der Waals surface area contributed by atoms with E-state index >= 15 is 0 Å². The first-order valence-corrected chi connectivity index (χ1v) is 6.16. The minimum atomic E-state index is -0.623. The molecule has 1 amide bonds. The minimum Gasteiger partial charge on any atom is -0.436 e. The van der Waals surface area contributed by atoms with E-state index in [2.05, 4.69) is 22.1 Å². The second kappa shape index (κ2) is 6.20. The molecule has 0 aliphatic heterocycles. The van der Waals surface area contributed by atoms with Gasteiger partial charge in [-0.1, -0.05) is 11.8 Å². The van der Waals surface area contributed by atoms with Crippen LogP contribution < -0.4 is 5.32 Å². The molecule has 1 aromatic carbocycles. The highest BCUT2D eigenvalue weighted by atomic mass is 19.1. The number of aromatic nitrogens is 1. The number of aliphatic hydroxyl groups is 1. The van der Waals surface area contributed by atoms with Crippen molar-refractivity contribution in [3.05, 3.63) is 46.9 Å². The summed E-state index contributed by atoms with van der Waals surface area (Å²) in [6.07, 6.45) is 0. The summed E-state index contributed by atoms with van der Waals surface area (Å²) >= 11 is 0. The molecule has 0 unspecified atom stereocenters. The number of anilines is 1. The molecule has 2 aromatic rings. The van der Waals surface area contributed by atoms with Crippen LogP contribution in [0.1, 0.15) is 27.7 Å². The zero-order valence-corrected chi connectivity index (χ0v) is 11.5. The van der Waals surface area contributed by atoms with E-state index < -0.39 is 11.7 Å². The van der Waals surface area contributed by atoms with E-state index in [0.29, 0.717) is 17.1 Å². The number of nitrogens with zero attached hydrogens (tertiary/aromatic N) is 1. The predicted octanol–water partition coefficient (Wildman–Crippen LogP) is 2.03. The lowest BCUT2D eigenvalue weighted by Gasteiger charge is -2.05. The normalized spacial score (nSPS) is 9.90. The number of nitrogens with one attached hydrogen (secondary N) is 1. The Hall–Kier alpha value is -2.65. The van der Waals surface area contributed by atoms with Gasteiger partial charge in [0.15, 0.2) is 5.89 Å². The Labute approximate surface area is 120 Å². The number of amides is 1. The third-order valence-corrected chi connectivity index (χ3v) is 2.64. The number of halogens is 1. The quantitative estimate of drug-likeness (QED) is 0.829. The Bertz CT molecular complexity index is 741. The van der Waals surface area contributed by atoms with Crippen molar-refractivity contribution in [3.63, 3.8) is 0 Å². The number of carbonyl (C=O) groups excluding carboxylic acids is 1. The lowest BCUT2D eigenvalue weighted by Crippen LogP contribution is -2.13. The van der Waals surface area contributed by atoms with Gasteiger partial charge in [0.2, 0.25) is 5.76 Å². The standard InChI is InChI=1S/C15H13FN2O3/c1-9-14(21-10(2)17-9)15(20)18-13-6-5-11(4-3-7-19)8-12(13)16/h5-6,8,19H,7H2,1-2H3,(H,18,20). The van der Waals surface area contributed by atoms with Crippen LogP contribution in [0.25, 0.3) is 0 Å². The van der Waals surface area contributed by atoms with E-state index in [1.807, 2.05) is 0 Å². The van der Waals surface area contributed by atoms with Crippen LogP contribution in [0.3, 0.4) is 0 Å². The van der Waals surface area contributed by atoms with Gasteiger partial charge in [-0.25, -0.2) is 9.37 Å². The lowest BCUT2D eigenvalue weighted by atomic mass is 10.2. The molecule has 1 heterocycles. The maximum absolute atomic E-state index is 13.9. The number of benzene rings is 1. The third kappa shape index (κ3) is 3.46. The molecule has 6 heteroatoms. The molecule has 108 valence electrons. The molecule has 0 bridgehead atoms. The number of hydrogen-bond acceptors (Lipinski definition) is 4. The molecule has 2 N–H and O–H groups in total. The van der Waals surface area contributed by atoms with Crippen molar-refractivity contribution in [1.82, 2.24) is 4.98 Å². The fraction of sp³-hybridized carbons (Fsp3) is 0.200. The highest BCUT2D eigenvalue weighted by Crippen LogP contribution is 2.18. The minimum absolute atomic E-state index is 0.0167. The van der Waals surface area contributed by atoms with Crippen molar-refractivity contribution in [3.8, 4) is 11.8 Å². The van der Waals surface area contributed by atoms with Gasteiger partial charge in [0.1, 0.15) is 12.4 Å². The summed E-state index contributed by atoms with van der Waals surface area (Å²) in [4.78, 5) is 16.0. The molecule has 0 saturated heterocycles. The van der Waals surface area contributed by atoms with Crippen molar-refractivity contribution in [2.24, 2.45) is 0 Å². The molecule has 1 aromatic heterocycles. The van der Waals surface area contributed by atoms with Gasteiger partial charge in [-0.15, -0.1) is 0 Å². The Morgan fingerprint density at radius 3 is 2.81 bits per heavy atom. The van der Waals surface area contributed by atoms with Crippen LogP contribution in [0.4, 0.5) is 10.1 Å². The topological polar surface area (TPSA) is 75.4 Å². The van der Waals surface area contributed by atoms with Gasteiger partial charge in [0, 0.05) is 12.5 Å². The fourth-order valence-corrected chi connectivity index (χ4v) is 1.76. The average molecular weight is 288 g/mol. The SMILES string of the molecule is Cc1nc(C)c(C(=O)Nc2ccc(C#CCO)cc2F)o1. The lowest BCUT2D eigenvalue weighted by molar-refractivity contribution is 0.0994. The molecule has 0 radical (unpaired) electrons. The number of carbonyl (C=O) groups is 1. The fourth-order valence-electron chi connectivity index (χ4n) is 1.76. The van der Waals surface area contributed by atoms with E-state index in [1.54, 1.807) is 19.9 Å². The average Bonchev–Trinajstić information content (AvgIpc) is 2.78. The Kier molecular flexibility index (Phi) is 4.36. The first-order valence-electron chi connectivity index (χ1n) is 6.16. The summed E-state index contributed by atoms with van der Waals surface area (Å²) in [5.41, 5.74) is 0.866. The summed E-state index contributed by atoms with van der Waals surface area (Å²) in [6.45, 7) is 2.96. The van der Waals surface area contributed by atoms with Gasteiger partial charge in [0.05, 0.1) is 11.4 Å². The maximum atomic E-state index is 13.9. The molecule has 21 heavy (non-hydrogen) atoms. The summed E-state index contributed by atoms with van der Waals surface area (Å²) in [5, 5.41) is 11.0. The highest BCUT2D eigenvalue weighted by Gasteiger charge is 2.17. The Morgan fingerprint density at radius 1 is 1.48 bits per heavy atom. The molecular formula is C15H13FN2O3. The first-order chi connectivity index (χ1) is 10.0. The van der Waals surface area contributed by atoms with Crippen molar-refractivity contribution in [2.75, 3.05) is 11.9 Å². The van der Waals surface area contributed by atoms with Crippen LogP contribution in [0, 0.1) is 31.5 Å². The molecular weight excluding hydrogens is 275 g/mol. The van der Waals surface area contributed by atoms with Crippen LogP contribution >= 0.6 is 0 Å². The molecule has 0 aliphatic carbocycles.